The van der Waals surface area contributed by atoms with Crippen LogP contribution in [-0.2, 0) is 4.79 Å². The van der Waals surface area contributed by atoms with Crippen LogP contribution < -0.4 is 15.0 Å². The maximum atomic E-state index is 12.5. The summed E-state index contributed by atoms with van der Waals surface area (Å²) in [7, 11) is 1.67. The van der Waals surface area contributed by atoms with Gasteiger partial charge in [-0.15, -0.1) is 0 Å². The van der Waals surface area contributed by atoms with E-state index in [0.717, 1.165) is 37.6 Å². The molecule has 2 aromatic carbocycles. The van der Waals surface area contributed by atoms with E-state index in [2.05, 4.69) is 54.4 Å². The van der Waals surface area contributed by atoms with Gasteiger partial charge >= 0.3 is 0 Å². The fourth-order valence-corrected chi connectivity index (χ4v) is 3.56. The van der Waals surface area contributed by atoms with Crippen LogP contribution in [0, 0.1) is 13.8 Å². The van der Waals surface area contributed by atoms with Gasteiger partial charge in [0.05, 0.1) is 7.11 Å². The minimum absolute atomic E-state index is 0.223. The van der Waals surface area contributed by atoms with E-state index in [0.29, 0.717) is 13.0 Å². The molecular formula is C22H29N3O2. The van der Waals surface area contributed by atoms with E-state index in [-0.39, 0.29) is 5.91 Å². The number of hydrogen-bond acceptors (Lipinski definition) is 4. The number of rotatable bonds is 6. The lowest BCUT2D eigenvalue weighted by Crippen LogP contribution is -2.49. The largest absolute Gasteiger partial charge is 0.497 e. The standard InChI is InChI=1S/C22H29N3O2/c1-17-14-18(2)16-19(15-17)23-9-8-22(26)25-12-10-24(11-13-25)20-4-6-21(27-3)7-5-20/h4-7,14-16,23H,8-13H2,1-3H3. The van der Waals surface area contributed by atoms with Gasteiger partial charge in [0, 0.05) is 50.5 Å². The third kappa shape index (κ3) is 5.16. The lowest BCUT2D eigenvalue weighted by Gasteiger charge is -2.36. The normalized spacial score (nSPS) is 14.2. The van der Waals surface area contributed by atoms with Crippen LogP contribution in [0.5, 0.6) is 5.75 Å². The molecule has 1 N–H and O–H groups in total. The zero-order chi connectivity index (χ0) is 19.2. The molecule has 1 aliphatic heterocycles. The quantitative estimate of drug-likeness (QED) is 0.849. The van der Waals surface area contributed by atoms with Crippen LogP contribution in [0.4, 0.5) is 11.4 Å². The summed E-state index contributed by atoms with van der Waals surface area (Å²) in [4.78, 5) is 16.8. The Hall–Kier alpha value is -2.69. The first kappa shape index (κ1) is 19.1. The van der Waals surface area contributed by atoms with Gasteiger partial charge < -0.3 is 19.9 Å². The SMILES string of the molecule is COc1ccc(N2CCN(C(=O)CCNc3cc(C)cc(C)c3)CC2)cc1. The second-order valence-electron chi connectivity index (χ2n) is 7.12. The molecular weight excluding hydrogens is 338 g/mol. The van der Waals surface area contributed by atoms with Crippen molar-refractivity contribution < 1.29 is 9.53 Å². The van der Waals surface area contributed by atoms with Gasteiger partial charge in [-0.2, -0.15) is 0 Å². The summed E-state index contributed by atoms with van der Waals surface area (Å²) in [6.07, 6.45) is 0.523. The lowest BCUT2D eigenvalue weighted by molar-refractivity contribution is -0.131. The second-order valence-corrected chi connectivity index (χ2v) is 7.12. The fraction of sp³-hybridized carbons (Fsp3) is 0.409. The predicted octanol–water partition coefficient (Wildman–Crippen LogP) is 3.46. The third-order valence-electron chi connectivity index (χ3n) is 4.96. The zero-order valence-electron chi connectivity index (χ0n) is 16.5. The molecule has 0 saturated carbocycles. The van der Waals surface area contributed by atoms with Crippen molar-refractivity contribution in [3.63, 3.8) is 0 Å². The molecule has 5 nitrogen and oxygen atoms in total. The molecule has 1 heterocycles. The van der Waals surface area contributed by atoms with E-state index in [9.17, 15) is 4.79 Å². The number of aryl methyl sites for hydroxylation is 2. The minimum atomic E-state index is 0.223. The lowest BCUT2D eigenvalue weighted by atomic mass is 10.1. The maximum absolute atomic E-state index is 12.5. The van der Waals surface area contributed by atoms with Crippen molar-refractivity contribution in [3.05, 3.63) is 53.6 Å². The Morgan fingerprint density at radius 1 is 1.00 bits per heavy atom. The summed E-state index contributed by atoms with van der Waals surface area (Å²) in [6, 6.07) is 14.5. The Kier molecular flexibility index (Phi) is 6.22. The van der Waals surface area contributed by atoms with Gasteiger partial charge in [-0.3, -0.25) is 4.79 Å². The molecule has 1 fully saturated rings. The molecule has 5 heteroatoms. The van der Waals surface area contributed by atoms with Crippen LogP contribution in [0.15, 0.2) is 42.5 Å². The molecule has 1 aliphatic rings. The first-order valence-electron chi connectivity index (χ1n) is 9.54. The highest BCUT2D eigenvalue weighted by atomic mass is 16.5. The molecule has 2 aromatic rings. The summed E-state index contributed by atoms with van der Waals surface area (Å²) >= 11 is 0. The average Bonchev–Trinajstić information content (AvgIpc) is 2.67. The number of anilines is 2. The Balaban J connectivity index is 1.44. The summed E-state index contributed by atoms with van der Waals surface area (Å²) in [5.74, 6) is 1.09. The number of benzene rings is 2. The monoisotopic (exact) mass is 367 g/mol. The summed E-state index contributed by atoms with van der Waals surface area (Å²) in [5.41, 5.74) is 4.74. The number of ether oxygens (including phenoxy) is 1. The summed E-state index contributed by atoms with van der Waals surface area (Å²) < 4.78 is 5.21. The molecule has 0 radical (unpaired) electrons. The van der Waals surface area contributed by atoms with Crippen molar-refractivity contribution >= 4 is 17.3 Å². The highest BCUT2D eigenvalue weighted by molar-refractivity contribution is 5.77. The van der Waals surface area contributed by atoms with Gasteiger partial charge in [0.25, 0.3) is 0 Å². The van der Waals surface area contributed by atoms with Crippen molar-refractivity contribution in [2.24, 2.45) is 0 Å². The average molecular weight is 367 g/mol. The molecule has 27 heavy (non-hydrogen) atoms. The van der Waals surface area contributed by atoms with Crippen LogP contribution >= 0.6 is 0 Å². The van der Waals surface area contributed by atoms with Crippen LogP contribution in [0.2, 0.25) is 0 Å². The van der Waals surface area contributed by atoms with Crippen LogP contribution in [0.3, 0.4) is 0 Å². The van der Waals surface area contributed by atoms with E-state index in [1.165, 1.54) is 16.8 Å². The van der Waals surface area contributed by atoms with Crippen LogP contribution in [-0.4, -0.2) is 50.6 Å². The van der Waals surface area contributed by atoms with E-state index in [4.69, 9.17) is 4.74 Å². The zero-order valence-corrected chi connectivity index (χ0v) is 16.5. The number of amides is 1. The summed E-state index contributed by atoms with van der Waals surface area (Å²) in [6.45, 7) is 8.12. The highest BCUT2D eigenvalue weighted by Crippen LogP contribution is 2.20. The van der Waals surface area contributed by atoms with Crippen LogP contribution in [0.25, 0.3) is 0 Å². The van der Waals surface area contributed by atoms with E-state index < -0.39 is 0 Å². The molecule has 0 bridgehead atoms. The van der Waals surface area contributed by atoms with Gasteiger partial charge in [-0.25, -0.2) is 0 Å². The van der Waals surface area contributed by atoms with Crippen molar-refractivity contribution in [2.45, 2.75) is 20.3 Å². The fourth-order valence-electron chi connectivity index (χ4n) is 3.56. The number of piperazine rings is 1. The Bertz CT molecular complexity index is 745. The Labute approximate surface area is 161 Å². The molecule has 3 rings (SSSR count). The smallest absolute Gasteiger partial charge is 0.224 e. The number of hydrogen-bond donors (Lipinski definition) is 1. The molecule has 1 amide bonds. The van der Waals surface area contributed by atoms with E-state index in [1.54, 1.807) is 7.11 Å². The molecule has 144 valence electrons. The van der Waals surface area contributed by atoms with E-state index in [1.807, 2.05) is 17.0 Å². The van der Waals surface area contributed by atoms with Crippen molar-refractivity contribution in [1.82, 2.24) is 4.90 Å². The Morgan fingerprint density at radius 3 is 2.22 bits per heavy atom. The summed E-state index contributed by atoms with van der Waals surface area (Å²) in [5, 5.41) is 3.37. The van der Waals surface area contributed by atoms with Crippen molar-refractivity contribution in [2.75, 3.05) is 50.1 Å². The number of carbonyl (C=O) groups is 1. The van der Waals surface area contributed by atoms with Crippen LogP contribution in [0.1, 0.15) is 17.5 Å². The maximum Gasteiger partial charge on any atom is 0.224 e. The van der Waals surface area contributed by atoms with Crippen molar-refractivity contribution in [3.8, 4) is 5.75 Å². The number of nitrogens with zero attached hydrogens (tertiary/aromatic N) is 2. The topological polar surface area (TPSA) is 44.8 Å². The van der Waals surface area contributed by atoms with Gasteiger partial charge in [0.2, 0.25) is 5.91 Å². The van der Waals surface area contributed by atoms with Gasteiger partial charge in [-0.1, -0.05) is 6.07 Å². The third-order valence-corrected chi connectivity index (χ3v) is 4.96. The first-order chi connectivity index (χ1) is 13.0. The van der Waals surface area contributed by atoms with Gasteiger partial charge in [-0.05, 0) is 61.4 Å². The number of methoxy groups -OCH3 is 1. The molecule has 0 atom stereocenters. The van der Waals surface area contributed by atoms with Crippen molar-refractivity contribution in [1.29, 1.82) is 0 Å². The van der Waals surface area contributed by atoms with Gasteiger partial charge in [0.15, 0.2) is 0 Å². The molecule has 0 spiro atoms. The molecule has 1 saturated heterocycles. The molecule has 0 aromatic heterocycles. The minimum Gasteiger partial charge on any atom is -0.497 e. The number of carbonyl (C=O) groups excluding carboxylic acids is 1. The first-order valence-corrected chi connectivity index (χ1v) is 9.54. The van der Waals surface area contributed by atoms with Gasteiger partial charge in [0.1, 0.15) is 5.75 Å². The molecule has 0 aliphatic carbocycles. The highest BCUT2D eigenvalue weighted by Gasteiger charge is 2.20. The predicted molar refractivity (Wildman–Crippen MR) is 111 cm³/mol. The Morgan fingerprint density at radius 2 is 1.63 bits per heavy atom. The van der Waals surface area contributed by atoms with E-state index >= 15 is 0 Å². The number of nitrogens with one attached hydrogen (secondary N) is 1. The second kappa shape index (κ2) is 8.80. The molecule has 0 unspecified atom stereocenters.